The molecule has 0 aromatic heterocycles. The Morgan fingerprint density at radius 3 is 2.56 bits per heavy atom. The van der Waals surface area contributed by atoms with E-state index in [1.54, 1.807) is 0 Å². The molecule has 0 saturated heterocycles. The number of amides is 1. The van der Waals surface area contributed by atoms with Gasteiger partial charge in [-0.15, -0.1) is 0 Å². The van der Waals surface area contributed by atoms with Crippen LogP contribution in [0.4, 0.5) is 0 Å². The summed E-state index contributed by atoms with van der Waals surface area (Å²) in [6.07, 6.45) is -0.123. The Labute approximate surface area is 102 Å². The lowest BCUT2D eigenvalue weighted by Crippen LogP contribution is -2.23. The number of hydrogen-bond donors (Lipinski definition) is 2. The highest BCUT2D eigenvalue weighted by Gasteiger charge is 2.05. The van der Waals surface area contributed by atoms with Crippen molar-refractivity contribution >= 4 is 27.8 Å². The van der Waals surface area contributed by atoms with E-state index in [1.165, 1.54) is 0 Å². The average molecular weight is 286 g/mol. The molecular formula is C11H12BrNO3. The van der Waals surface area contributed by atoms with Crippen LogP contribution in [-0.2, 0) is 16.1 Å². The van der Waals surface area contributed by atoms with Crippen LogP contribution in [0.1, 0.15) is 18.4 Å². The molecule has 4 nitrogen and oxygen atoms in total. The molecule has 0 unspecified atom stereocenters. The van der Waals surface area contributed by atoms with E-state index in [4.69, 9.17) is 5.11 Å². The summed E-state index contributed by atoms with van der Waals surface area (Å²) in [5.74, 6) is -1.21. The van der Waals surface area contributed by atoms with Crippen molar-refractivity contribution in [2.75, 3.05) is 0 Å². The predicted molar refractivity (Wildman–Crippen MR) is 62.9 cm³/mol. The van der Waals surface area contributed by atoms with Gasteiger partial charge in [0.05, 0.1) is 6.42 Å². The van der Waals surface area contributed by atoms with Crippen LogP contribution in [0, 0.1) is 0 Å². The van der Waals surface area contributed by atoms with Gasteiger partial charge < -0.3 is 10.4 Å². The largest absolute Gasteiger partial charge is 0.481 e. The lowest BCUT2D eigenvalue weighted by molar-refractivity contribution is -0.138. The molecule has 1 amide bonds. The SMILES string of the molecule is O=C(O)CCC(=O)NCc1ccccc1Br. The van der Waals surface area contributed by atoms with Crippen LogP contribution < -0.4 is 5.32 Å². The van der Waals surface area contributed by atoms with Crippen LogP contribution in [0.5, 0.6) is 0 Å². The molecule has 16 heavy (non-hydrogen) atoms. The van der Waals surface area contributed by atoms with Gasteiger partial charge in [-0.05, 0) is 11.6 Å². The Morgan fingerprint density at radius 1 is 1.25 bits per heavy atom. The molecule has 0 fully saturated rings. The highest BCUT2D eigenvalue weighted by Crippen LogP contribution is 2.15. The van der Waals surface area contributed by atoms with Crippen LogP contribution in [0.3, 0.4) is 0 Å². The molecule has 0 bridgehead atoms. The lowest BCUT2D eigenvalue weighted by Gasteiger charge is -2.06. The first-order valence-corrected chi connectivity index (χ1v) is 5.61. The first-order valence-electron chi connectivity index (χ1n) is 4.81. The molecule has 86 valence electrons. The molecular weight excluding hydrogens is 274 g/mol. The van der Waals surface area contributed by atoms with Gasteiger partial charge in [0.15, 0.2) is 0 Å². The number of carbonyl (C=O) groups is 2. The van der Waals surface area contributed by atoms with Gasteiger partial charge in [-0.3, -0.25) is 9.59 Å². The second kappa shape index (κ2) is 6.27. The maximum absolute atomic E-state index is 11.2. The van der Waals surface area contributed by atoms with Gasteiger partial charge in [-0.2, -0.15) is 0 Å². The summed E-state index contributed by atoms with van der Waals surface area (Å²) in [5, 5.41) is 11.1. The van der Waals surface area contributed by atoms with Crippen LogP contribution in [0.2, 0.25) is 0 Å². The third-order valence-electron chi connectivity index (χ3n) is 2.00. The number of rotatable bonds is 5. The summed E-state index contributed by atoms with van der Waals surface area (Å²) in [5.41, 5.74) is 0.964. The molecule has 5 heteroatoms. The zero-order valence-electron chi connectivity index (χ0n) is 8.57. The third-order valence-corrected chi connectivity index (χ3v) is 2.77. The summed E-state index contributed by atoms with van der Waals surface area (Å²) >= 11 is 3.36. The van der Waals surface area contributed by atoms with Gasteiger partial charge in [0.25, 0.3) is 0 Å². The van der Waals surface area contributed by atoms with Crippen molar-refractivity contribution in [1.29, 1.82) is 0 Å². The van der Waals surface area contributed by atoms with E-state index in [0.717, 1.165) is 10.0 Å². The summed E-state index contributed by atoms with van der Waals surface area (Å²) in [6, 6.07) is 7.55. The lowest BCUT2D eigenvalue weighted by atomic mass is 10.2. The molecule has 1 aromatic rings. The minimum Gasteiger partial charge on any atom is -0.481 e. The zero-order chi connectivity index (χ0) is 12.0. The van der Waals surface area contributed by atoms with E-state index in [0.29, 0.717) is 6.54 Å². The summed E-state index contributed by atoms with van der Waals surface area (Å²) in [7, 11) is 0. The number of halogens is 1. The van der Waals surface area contributed by atoms with E-state index >= 15 is 0 Å². The zero-order valence-corrected chi connectivity index (χ0v) is 10.2. The average Bonchev–Trinajstić information content (AvgIpc) is 2.25. The van der Waals surface area contributed by atoms with Crippen LogP contribution in [-0.4, -0.2) is 17.0 Å². The fourth-order valence-corrected chi connectivity index (χ4v) is 1.57. The fraction of sp³-hybridized carbons (Fsp3) is 0.273. The van der Waals surface area contributed by atoms with Gasteiger partial charge in [-0.1, -0.05) is 34.1 Å². The van der Waals surface area contributed by atoms with E-state index in [2.05, 4.69) is 21.2 Å². The number of hydrogen-bond acceptors (Lipinski definition) is 2. The number of benzene rings is 1. The number of carbonyl (C=O) groups excluding carboxylic acids is 1. The summed E-state index contributed by atoms with van der Waals surface area (Å²) < 4.78 is 0.925. The Bertz CT molecular complexity index is 393. The monoisotopic (exact) mass is 285 g/mol. The molecule has 0 atom stereocenters. The van der Waals surface area contributed by atoms with E-state index in [9.17, 15) is 9.59 Å². The maximum Gasteiger partial charge on any atom is 0.303 e. The van der Waals surface area contributed by atoms with Gasteiger partial charge in [0, 0.05) is 17.4 Å². The smallest absolute Gasteiger partial charge is 0.303 e. The molecule has 0 aliphatic rings. The van der Waals surface area contributed by atoms with Gasteiger partial charge >= 0.3 is 5.97 Å². The Morgan fingerprint density at radius 2 is 1.94 bits per heavy atom. The predicted octanol–water partition coefficient (Wildman–Crippen LogP) is 1.93. The Hall–Kier alpha value is -1.36. The number of carboxylic acids is 1. The minimum absolute atomic E-state index is 0.0137. The van der Waals surface area contributed by atoms with Crippen LogP contribution in [0.25, 0.3) is 0 Å². The molecule has 2 N–H and O–H groups in total. The number of carboxylic acid groups (broad SMARTS) is 1. The van der Waals surface area contributed by atoms with Crippen LogP contribution in [0.15, 0.2) is 28.7 Å². The van der Waals surface area contributed by atoms with Gasteiger partial charge in [-0.25, -0.2) is 0 Å². The maximum atomic E-state index is 11.2. The highest BCUT2D eigenvalue weighted by molar-refractivity contribution is 9.10. The molecule has 0 aliphatic carbocycles. The van der Waals surface area contributed by atoms with E-state index in [-0.39, 0.29) is 18.7 Å². The summed E-state index contributed by atoms with van der Waals surface area (Å²) in [4.78, 5) is 21.5. The third kappa shape index (κ3) is 4.44. The first-order chi connectivity index (χ1) is 7.59. The number of nitrogens with one attached hydrogen (secondary N) is 1. The fourth-order valence-electron chi connectivity index (χ4n) is 1.14. The second-order valence-corrected chi connectivity index (χ2v) is 4.12. The Balaban J connectivity index is 2.37. The molecule has 0 aliphatic heterocycles. The molecule has 0 saturated carbocycles. The van der Waals surface area contributed by atoms with Crippen molar-refractivity contribution < 1.29 is 14.7 Å². The Kier molecular flexibility index (Phi) is 4.98. The van der Waals surface area contributed by atoms with Crippen molar-refractivity contribution in [3.05, 3.63) is 34.3 Å². The molecule has 0 heterocycles. The van der Waals surface area contributed by atoms with Gasteiger partial charge in [0.1, 0.15) is 0 Å². The van der Waals surface area contributed by atoms with Crippen molar-refractivity contribution in [1.82, 2.24) is 5.32 Å². The second-order valence-electron chi connectivity index (χ2n) is 3.26. The first kappa shape index (κ1) is 12.7. The standard InChI is InChI=1S/C11H12BrNO3/c12-9-4-2-1-3-8(9)7-13-10(14)5-6-11(15)16/h1-4H,5-7H2,(H,13,14)(H,15,16). The minimum atomic E-state index is -0.962. The van der Waals surface area contributed by atoms with Gasteiger partial charge in [0.2, 0.25) is 5.91 Å². The summed E-state index contributed by atoms with van der Waals surface area (Å²) in [6.45, 7) is 0.403. The van der Waals surface area contributed by atoms with Crippen molar-refractivity contribution in [3.8, 4) is 0 Å². The van der Waals surface area contributed by atoms with Crippen LogP contribution >= 0.6 is 15.9 Å². The normalized spacial score (nSPS) is 9.81. The van der Waals surface area contributed by atoms with E-state index in [1.807, 2.05) is 24.3 Å². The van der Waals surface area contributed by atoms with E-state index < -0.39 is 5.97 Å². The number of aliphatic carboxylic acids is 1. The van der Waals surface area contributed by atoms with Crippen molar-refractivity contribution in [2.24, 2.45) is 0 Å². The molecule has 1 rings (SSSR count). The van der Waals surface area contributed by atoms with Crippen molar-refractivity contribution in [2.45, 2.75) is 19.4 Å². The topological polar surface area (TPSA) is 66.4 Å². The highest BCUT2D eigenvalue weighted by atomic mass is 79.9. The molecule has 0 spiro atoms. The molecule has 0 radical (unpaired) electrons. The van der Waals surface area contributed by atoms with Crippen molar-refractivity contribution in [3.63, 3.8) is 0 Å². The quantitative estimate of drug-likeness (QED) is 0.869. The molecule has 1 aromatic carbocycles.